The summed E-state index contributed by atoms with van der Waals surface area (Å²) in [6.45, 7) is 2.85. The van der Waals surface area contributed by atoms with Gasteiger partial charge in [0.15, 0.2) is 5.11 Å². The molecule has 0 radical (unpaired) electrons. The van der Waals surface area contributed by atoms with Crippen LogP contribution in [0.5, 0.6) is 0 Å². The van der Waals surface area contributed by atoms with E-state index >= 15 is 0 Å². The van der Waals surface area contributed by atoms with Gasteiger partial charge >= 0.3 is 0 Å². The third-order valence-corrected chi connectivity index (χ3v) is 3.89. The first kappa shape index (κ1) is 16.1. The van der Waals surface area contributed by atoms with E-state index in [0.29, 0.717) is 5.11 Å². The lowest BCUT2D eigenvalue weighted by molar-refractivity contribution is 0.841. The zero-order chi connectivity index (χ0) is 16.8. The molecule has 5 nitrogen and oxygen atoms in total. The number of rotatable bonds is 5. The summed E-state index contributed by atoms with van der Waals surface area (Å²) in [5.74, 6) is 0. The predicted octanol–water partition coefficient (Wildman–Crippen LogP) is 2.91. The Morgan fingerprint density at radius 3 is 3.08 bits per heavy atom. The van der Waals surface area contributed by atoms with Gasteiger partial charge in [-0.15, -0.1) is 0 Å². The molecule has 0 saturated carbocycles. The van der Waals surface area contributed by atoms with Crippen LogP contribution in [0.2, 0.25) is 0 Å². The van der Waals surface area contributed by atoms with Crippen LogP contribution in [0.15, 0.2) is 53.9 Å². The molecule has 0 atom stereocenters. The monoisotopic (exact) mass is 337 g/mol. The molecule has 6 heteroatoms. The lowest BCUT2D eigenvalue weighted by Crippen LogP contribution is -2.33. The molecule has 3 rings (SSSR count). The van der Waals surface area contributed by atoms with E-state index in [0.717, 1.165) is 24.2 Å². The Bertz CT molecular complexity index is 854. The Morgan fingerprint density at radius 2 is 2.25 bits per heavy atom. The molecule has 122 valence electrons. The maximum atomic E-state index is 5.22. The van der Waals surface area contributed by atoms with Crippen molar-refractivity contribution in [3.63, 3.8) is 0 Å². The largest absolute Gasteiger partial charge is 0.361 e. The lowest BCUT2D eigenvalue weighted by atomic mass is 10.1. The highest BCUT2D eigenvalue weighted by Crippen LogP contribution is 2.19. The molecule has 0 fully saturated rings. The number of aromatic nitrogens is 2. The highest BCUT2D eigenvalue weighted by Gasteiger charge is 2.04. The molecule has 3 N–H and O–H groups in total. The number of fused-ring (bicyclic) bond motifs is 1. The van der Waals surface area contributed by atoms with E-state index in [4.69, 9.17) is 12.2 Å². The third-order valence-electron chi connectivity index (χ3n) is 3.65. The van der Waals surface area contributed by atoms with Gasteiger partial charge in [0.25, 0.3) is 0 Å². The van der Waals surface area contributed by atoms with Crippen LogP contribution < -0.4 is 10.7 Å². The normalized spacial score (nSPS) is 11.0. The van der Waals surface area contributed by atoms with E-state index in [-0.39, 0.29) is 0 Å². The van der Waals surface area contributed by atoms with Crippen molar-refractivity contribution in [2.45, 2.75) is 13.3 Å². The van der Waals surface area contributed by atoms with Gasteiger partial charge in [-0.1, -0.05) is 17.7 Å². The summed E-state index contributed by atoms with van der Waals surface area (Å²) in [5.41, 5.74) is 7.28. The number of aromatic amines is 1. The molecular weight excluding hydrogens is 318 g/mol. The van der Waals surface area contributed by atoms with Gasteiger partial charge in [0.2, 0.25) is 0 Å². The van der Waals surface area contributed by atoms with Crippen LogP contribution in [0.1, 0.15) is 16.8 Å². The summed E-state index contributed by atoms with van der Waals surface area (Å²) in [4.78, 5) is 7.45. The van der Waals surface area contributed by atoms with Crippen LogP contribution in [0, 0.1) is 6.92 Å². The molecule has 0 unspecified atom stereocenters. The predicted molar refractivity (Wildman–Crippen MR) is 102 cm³/mol. The van der Waals surface area contributed by atoms with Crippen LogP contribution in [0.25, 0.3) is 10.9 Å². The molecule has 0 aliphatic heterocycles. The average molecular weight is 337 g/mol. The number of nitrogens with one attached hydrogen (secondary N) is 3. The summed E-state index contributed by atoms with van der Waals surface area (Å²) < 4.78 is 0. The van der Waals surface area contributed by atoms with E-state index in [9.17, 15) is 0 Å². The molecule has 2 aromatic heterocycles. The van der Waals surface area contributed by atoms with Crippen LogP contribution in [0.3, 0.4) is 0 Å². The van der Waals surface area contributed by atoms with Gasteiger partial charge < -0.3 is 10.3 Å². The number of pyridine rings is 1. The van der Waals surface area contributed by atoms with Gasteiger partial charge in [-0.25, -0.2) is 0 Å². The van der Waals surface area contributed by atoms with Gasteiger partial charge in [0, 0.05) is 29.8 Å². The Morgan fingerprint density at radius 1 is 1.33 bits per heavy atom. The second-order valence-corrected chi connectivity index (χ2v) is 5.90. The first-order chi connectivity index (χ1) is 11.7. The summed E-state index contributed by atoms with van der Waals surface area (Å²) in [7, 11) is 0. The van der Waals surface area contributed by atoms with Crippen molar-refractivity contribution in [2.24, 2.45) is 5.10 Å². The molecule has 0 bridgehead atoms. The third kappa shape index (κ3) is 4.17. The quantitative estimate of drug-likeness (QED) is 0.380. The second kappa shape index (κ2) is 7.70. The molecule has 2 heterocycles. The number of thiocarbonyl (C=S) groups is 1. The number of benzene rings is 1. The van der Waals surface area contributed by atoms with Gasteiger partial charge in [-0.3, -0.25) is 10.4 Å². The van der Waals surface area contributed by atoms with Crippen LogP contribution >= 0.6 is 12.2 Å². The summed E-state index contributed by atoms with van der Waals surface area (Å²) in [6.07, 6.45) is 6.30. The van der Waals surface area contributed by atoms with Crippen molar-refractivity contribution in [3.8, 4) is 0 Å². The first-order valence-corrected chi connectivity index (χ1v) is 8.18. The van der Waals surface area contributed by atoms with Gasteiger partial charge in [0.05, 0.1) is 11.9 Å². The number of aryl methyl sites for hydroxylation is 1. The van der Waals surface area contributed by atoms with Crippen LogP contribution in [0.4, 0.5) is 0 Å². The molecule has 1 aromatic carbocycles. The number of nitrogens with zero attached hydrogens (tertiary/aromatic N) is 2. The van der Waals surface area contributed by atoms with E-state index in [1.807, 2.05) is 18.2 Å². The highest BCUT2D eigenvalue weighted by molar-refractivity contribution is 7.80. The fraction of sp³-hybridized carbons (Fsp3) is 0.167. The molecule has 0 aliphatic carbocycles. The van der Waals surface area contributed by atoms with Crippen molar-refractivity contribution in [2.75, 3.05) is 6.54 Å². The minimum Gasteiger partial charge on any atom is -0.361 e. The fourth-order valence-corrected chi connectivity index (χ4v) is 2.61. The molecule has 0 saturated heterocycles. The lowest BCUT2D eigenvalue weighted by Gasteiger charge is -2.06. The summed E-state index contributed by atoms with van der Waals surface area (Å²) >= 11 is 5.22. The van der Waals surface area contributed by atoms with Crippen LogP contribution in [-0.4, -0.2) is 27.8 Å². The molecule has 0 amide bonds. The highest BCUT2D eigenvalue weighted by atomic mass is 32.1. The molecular formula is C18H19N5S. The minimum atomic E-state index is 0.498. The number of hydrazone groups is 1. The Kier molecular flexibility index (Phi) is 5.18. The van der Waals surface area contributed by atoms with Gasteiger partial charge in [-0.2, -0.15) is 5.10 Å². The maximum absolute atomic E-state index is 5.22. The minimum absolute atomic E-state index is 0.498. The second-order valence-electron chi connectivity index (χ2n) is 5.49. The van der Waals surface area contributed by atoms with E-state index in [2.05, 4.69) is 57.1 Å². The van der Waals surface area contributed by atoms with Gasteiger partial charge in [-0.05, 0) is 55.4 Å². The van der Waals surface area contributed by atoms with Crippen molar-refractivity contribution in [1.82, 2.24) is 20.7 Å². The van der Waals surface area contributed by atoms with Gasteiger partial charge in [0.1, 0.15) is 0 Å². The maximum Gasteiger partial charge on any atom is 0.186 e. The van der Waals surface area contributed by atoms with Crippen molar-refractivity contribution in [1.29, 1.82) is 0 Å². The zero-order valence-corrected chi connectivity index (χ0v) is 14.2. The number of hydrogen-bond donors (Lipinski definition) is 3. The topological polar surface area (TPSA) is 65.1 Å². The molecule has 24 heavy (non-hydrogen) atoms. The van der Waals surface area contributed by atoms with Crippen molar-refractivity contribution >= 4 is 34.4 Å². The van der Waals surface area contributed by atoms with E-state index in [1.165, 1.54) is 16.5 Å². The summed E-state index contributed by atoms with van der Waals surface area (Å²) in [6, 6.07) is 12.1. The SMILES string of the molecule is Cc1ccc2[nH]cc(CCNC(=S)N/N=C/c3ccccn3)c2c1. The van der Waals surface area contributed by atoms with Crippen molar-refractivity contribution in [3.05, 3.63) is 65.6 Å². The first-order valence-electron chi connectivity index (χ1n) is 7.77. The molecule has 0 aliphatic rings. The van der Waals surface area contributed by atoms with Crippen LogP contribution in [-0.2, 0) is 6.42 Å². The average Bonchev–Trinajstić information content (AvgIpc) is 2.98. The number of H-pyrrole nitrogens is 1. The fourth-order valence-electron chi connectivity index (χ4n) is 2.46. The standard InChI is InChI=1S/C18H19N5S/c1-13-5-6-17-16(10-13)14(11-21-17)7-9-20-18(24)23-22-12-15-4-2-3-8-19-15/h2-6,8,10-12,21H,7,9H2,1H3,(H2,20,23,24)/b22-12+. The molecule has 3 aromatic rings. The Labute approximate surface area is 146 Å². The zero-order valence-electron chi connectivity index (χ0n) is 13.4. The Balaban J connectivity index is 1.48. The smallest absolute Gasteiger partial charge is 0.186 e. The summed E-state index contributed by atoms with van der Waals surface area (Å²) in [5, 5.41) is 9.00. The number of hydrogen-bond acceptors (Lipinski definition) is 3. The Hall–Kier alpha value is -2.73. The van der Waals surface area contributed by atoms with E-state index in [1.54, 1.807) is 12.4 Å². The van der Waals surface area contributed by atoms with E-state index < -0.39 is 0 Å². The molecule has 0 spiro atoms. The van der Waals surface area contributed by atoms with Crippen molar-refractivity contribution < 1.29 is 0 Å².